The number of nitrogens with zero attached hydrogens (tertiary/aromatic N) is 4. The molecule has 2 aromatic heterocycles. The van der Waals surface area contributed by atoms with E-state index >= 15 is 0 Å². The molecule has 3 aromatic rings. The third-order valence-electron chi connectivity index (χ3n) is 4.20. The number of H-pyrrole nitrogens is 1. The third-order valence-corrected chi connectivity index (χ3v) is 4.20. The number of carbonyl (C=O) groups excluding carboxylic acids is 1. The molecule has 132 valence electrons. The van der Waals surface area contributed by atoms with Crippen LogP contribution in [0.25, 0.3) is 22.3 Å². The number of amides is 1. The first-order chi connectivity index (χ1) is 11.8. The van der Waals surface area contributed by atoms with Crippen molar-refractivity contribution in [2.45, 2.75) is 39.2 Å². The van der Waals surface area contributed by atoms with E-state index in [1.165, 1.54) is 0 Å². The van der Waals surface area contributed by atoms with Crippen molar-refractivity contribution in [3.63, 3.8) is 0 Å². The highest BCUT2D eigenvalue weighted by Gasteiger charge is 2.23. The van der Waals surface area contributed by atoms with Crippen molar-refractivity contribution >= 4 is 16.8 Å². The molecule has 0 radical (unpaired) electrons. The molecule has 0 atom stereocenters. The van der Waals surface area contributed by atoms with Gasteiger partial charge in [-0.3, -0.25) is 4.79 Å². The Morgan fingerprint density at radius 2 is 1.96 bits per heavy atom. The summed E-state index contributed by atoms with van der Waals surface area (Å²) < 4.78 is 1.94. The van der Waals surface area contributed by atoms with Gasteiger partial charge in [-0.05, 0) is 26.8 Å². The molecule has 6 nitrogen and oxygen atoms in total. The van der Waals surface area contributed by atoms with E-state index in [-0.39, 0.29) is 11.4 Å². The van der Waals surface area contributed by atoms with Gasteiger partial charge in [0.2, 0.25) is 5.91 Å². The summed E-state index contributed by atoms with van der Waals surface area (Å²) in [5.74, 6) is 1.62. The van der Waals surface area contributed by atoms with Gasteiger partial charge in [0.25, 0.3) is 0 Å². The van der Waals surface area contributed by atoms with Gasteiger partial charge in [-0.15, -0.1) is 0 Å². The number of hydrogen-bond acceptors (Lipinski definition) is 3. The Morgan fingerprint density at radius 3 is 2.64 bits per heavy atom. The molecule has 0 bridgehead atoms. The van der Waals surface area contributed by atoms with Crippen LogP contribution in [0.15, 0.2) is 30.5 Å². The Morgan fingerprint density at radius 1 is 1.24 bits per heavy atom. The number of nitrogens with one attached hydrogen (secondary N) is 1. The van der Waals surface area contributed by atoms with Crippen LogP contribution in [-0.4, -0.2) is 44.7 Å². The zero-order chi connectivity index (χ0) is 18.2. The predicted molar refractivity (Wildman–Crippen MR) is 99.3 cm³/mol. The summed E-state index contributed by atoms with van der Waals surface area (Å²) in [6, 6.07) is 8.11. The van der Waals surface area contributed by atoms with Gasteiger partial charge in [0, 0.05) is 49.6 Å². The Labute approximate surface area is 147 Å². The van der Waals surface area contributed by atoms with Crippen molar-refractivity contribution in [1.82, 2.24) is 24.6 Å². The monoisotopic (exact) mass is 339 g/mol. The van der Waals surface area contributed by atoms with Crippen LogP contribution < -0.4 is 0 Å². The van der Waals surface area contributed by atoms with Crippen LogP contribution in [0.4, 0.5) is 0 Å². The fourth-order valence-electron chi connectivity index (χ4n) is 2.86. The number of aromatic nitrogens is 4. The highest BCUT2D eigenvalue weighted by atomic mass is 16.2. The lowest BCUT2D eigenvalue weighted by molar-refractivity contribution is -0.128. The van der Waals surface area contributed by atoms with Crippen LogP contribution in [0, 0.1) is 0 Å². The largest absolute Gasteiger partial charge is 0.360 e. The second kappa shape index (κ2) is 6.35. The molecule has 0 saturated heterocycles. The SMILES string of the molecule is CN(C)C(=O)CCc1nc(-c2c[nH]c3ccccc23)nn1C(C)(C)C. The summed E-state index contributed by atoms with van der Waals surface area (Å²) in [5.41, 5.74) is 1.85. The number of fused-ring (bicyclic) bond motifs is 1. The molecular weight excluding hydrogens is 314 g/mol. The molecule has 6 heteroatoms. The second-order valence-corrected chi connectivity index (χ2v) is 7.47. The maximum Gasteiger partial charge on any atom is 0.222 e. The number of benzene rings is 1. The molecule has 0 saturated carbocycles. The minimum Gasteiger partial charge on any atom is -0.360 e. The van der Waals surface area contributed by atoms with Gasteiger partial charge < -0.3 is 9.88 Å². The number of rotatable bonds is 4. The topological polar surface area (TPSA) is 66.8 Å². The van der Waals surface area contributed by atoms with E-state index < -0.39 is 0 Å². The molecule has 0 aliphatic carbocycles. The van der Waals surface area contributed by atoms with E-state index in [1.54, 1.807) is 19.0 Å². The summed E-state index contributed by atoms with van der Waals surface area (Å²) in [5, 5.41) is 5.86. The number of hydrogen-bond donors (Lipinski definition) is 1. The molecule has 0 spiro atoms. The number of carbonyl (C=O) groups is 1. The smallest absolute Gasteiger partial charge is 0.222 e. The summed E-state index contributed by atoms with van der Waals surface area (Å²) in [6.07, 6.45) is 2.94. The molecule has 3 rings (SSSR count). The van der Waals surface area contributed by atoms with Crippen molar-refractivity contribution in [3.05, 3.63) is 36.3 Å². The second-order valence-electron chi connectivity index (χ2n) is 7.47. The molecule has 0 aliphatic heterocycles. The lowest BCUT2D eigenvalue weighted by Crippen LogP contribution is -2.27. The van der Waals surface area contributed by atoms with Crippen molar-refractivity contribution in [2.24, 2.45) is 0 Å². The first kappa shape index (κ1) is 17.2. The molecule has 0 unspecified atom stereocenters. The summed E-state index contributed by atoms with van der Waals surface area (Å²) in [7, 11) is 3.54. The van der Waals surface area contributed by atoms with Gasteiger partial charge in [-0.1, -0.05) is 18.2 Å². The minimum atomic E-state index is -0.201. The van der Waals surface area contributed by atoms with Crippen molar-refractivity contribution < 1.29 is 4.79 Å². The van der Waals surface area contributed by atoms with Gasteiger partial charge in [-0.2, -0.15) is 5.10 Å². The van der Waals surface area contributed by atoms with E-state index in [1.807, 2.05) is 29.1 Å². The number of para-hydroxylation sites is 1. The van der Waals surface area contributed by atoms with Crippen LogP contribution in [0.5, 0.6) is 0 Å². The number of aryl methyl sites for hydroxylation is 1. The maximum absolute atomic E-state index is 12.0. The van der Waals surface area contributed by atoms with E-state index in [9.17, 15) is 4.79 Å². The first-order valence-corrected chi connectivity index (χ1v) is 8.50. The highest BCUT2D eigenvalue weighted by Crippen LogP contribution is 2.28. The van der Waals surface area contributed by atoms with Gasteiger partial charge in [0.1, 0.15) is 5.82 Å². The first-order valence-electron chi connectivity index (χ1n) is 8.50. The summed E-state index contributed by atoms with van der Waals surface area (Å²) in [4.78, 5) is 21.6. The Balaban J connectivity index is 2.00. The standard InChI is InChI=1S/C19H25N5O/c1-19(2,3)24-16(10-11-17(25)23(4)5)21-18(22-24)14-12-20-15-9-7-6-8-13(14)15/h6-9,12,20H,10-11H2,1-5H3. The average molecular weight is 339 g/mol. The molecular formula is C19H25N5O. The fourth-order valence-corrected chi connectivity index (χ4v) is 2.86. The van der Waals surface area contributed by atoms with Gasteiger partial charge in [0.05, 0.1) is 5.54 Å². The fraction of sp³-hybridized carbons (Fsp3) is 0.421. The molecule has 25 heavy (non-hydrogen) atoms. The Hall–Kier alpha value is -2.63. The van der Waals surface area contributed by atoms with Crippen LogP contribution in [0.2, 0.25) is 0 Å². The molecule has 0 aliphatic rings. The van der Waals surface area contributed by atoms with E-state index in [0.29, 0.717) is 18.7 Å². The zero-order valence-electron chi connectivity index (χ0n) is 15.5. The van der Waals surface area contributed by atoms with E-state index in [4.69, 9.17) is 10.1 Å². The van der Waals surface area contributed by atoms with Gasteiger partial charge >= 0.3 is 0 Å². The lowest BCUT2D eigenvalue weighted by Gasteiger charge is -2.21. The van der Waals surface area contributed by atoms with Crippen molar-refractivity contribution in [1.29, 1.82) is 0 Å². The lowest BCUT2D eigenvalue weighted by atomic mass is 10.1. The minimum absolute atomic E-state index is 0.0945. The van der Waals surface area contributed by atoms with Crippen molar-refractivity contribution in [3.8, 4) is 11.4 Å². The van der Waals surface area contributed by atoms with Crippen LogP contribution >= 0.6 is 0 Å². The summed E-state index contributed by atoms with van der Waals surface area (Å²) >= 11 is 0. The van der Waals surface area contributed by atoms with Gasteiger partial charge in [-0.25, -0.2) is 9.67 Å². The summed E-state index contributed by atoms with van der Waals surface area (Å²) in [6.45, 7) is 6.29. The molecule has 1 amide bonds. The third kappa shape index (κ3) is 3.43. The van der Waals surface area contributed by atoms with E-state index in [0.717, 1.165) is 22.3 Å². The molecule has 1 aromatic carbocycles. The molecule has 2 heterocycles. The highest BCUT2D eigenvalue weighted by molar-refractivity contribution is 5.93. The van der Waals surface area contributed by atoms with E-state index in [2.05, 4.69) is 31.8 Å². The Bertz CT molecular complexity index is 898. The molecule has 0 fully saturated rings. The van der Waals surface area contributed by atoms with Crippen LogP contribution in [0.1, 0.15) is 33.0 Å². The Kier molecular flexibility index (Phi) is 4.37. The average Bonchev–Trinajstić information content (AvgIpc) is 3.15. The normalized spacial score (nSPS) is 11.9. The van der Waals surface area contributed by atoms with Crippen LogP contribution in [0.3, 0.4) is 0 Å². The molecule has 1 N–H and O–H groups in total. The predicted octanol–water partition coefficient (Wildman–Crippen LogP) is 3.20. The number of aromatic amines is 1. The van der Waals surface area contributed by atoms with Crippen molar-refractivity contribution in [2.75, 3.05) is 14.1 Å². The van der Waals surface area contributed by atoms with Crippen LogP contribution in [-0.2, 0) is 16.8 Å². The quantitative estimate of drug-likeness (QED) is 0.794. The zero-order valence-corrected chi connectivity index (χ0v) is 15.5. The van der Waals surface area contributed by atoms with Gasteiger partial charge in [0.15, 0.2) is 5.82 Å². The maximum atomic E-state index is 12.0.